The fraction of sp³-hybridized carbons (Fsp3) is 0.273. The lowest BCUT2D eigenvalue weighted by molar-refractivity contribution is 0.652. The van der Waals surface area contributed by atoms with Crippen LogP contribution in [-0.4, -0.2) is 18.2 Å². The van der Waals surface area contributed by atoms with Gasteiger partial charge >= 0.3 is 0 Å². The lowest BCUT2D eigenvalue weighted by atomic mass is 9.94. The third-order valence-electron chi connectivity index (χ3n) is 4.49. The van der Waals surface area contributed by atoms with Crippen LogP contribution in [0.2, 0.25) is 0 Å². The molecule has 0 aliphatic heterocycles. The Labute approximate surface area is 148 Å². The molecule has 3 heteroatoms. The molecule has 0 aliphatic rings. The maximum absolute atomic E-state index is 6.11. The molecule has 2 heterocycles. The first-order chi connectivity index (χ1) is 12.0. The minimum absolute atomic E-state index is 0.421. The number of aliphatic imine (C=N–C) groups is 1. The SMILES string of the molecule is C/N=C/C=C(\C=C(/C)c1c(C)ccc2c1oc1ncccc12)C(C)C. The van der Waals surface area contributed by atoms with Crippen LogP contribution in [0.3, 0.4) is 0 Å². The molecule has 0 radical (unpaired) electrons. The molecule has 1 aromatic carbocycles. The van der Waals surface area contributed by atoms with Crippen LogP contribution in [0, 0.1) is 12.8 Å². The summed E-state index contributed by atoms with van der Waals surface area (Å²) in [6, 6.07) is 8.29. The Kier molecular flexibility index (Phi) is 4.84. The molecule has 0 bridgehead atoms. The molecule has 3 rings (SSSR count). The number of fused-ring (bicyclic) bond motifs is 3. The molecule has 0 atom stereocenters. The minimum Gasteiger partial charge on any atom is -0.437 e. The quantitative estimate of drug-likeness (QED) is 0.435. The fourth-order valence-corrected chi connectivity index (χ4v) is 3.15. The van der Waals surface area contributed by atoms with Crippen LogP contribution in [0.1, 0.15) is 31.9 Å². The lowest BCUT2D eigenvalue weighted by Gasteiger charge is -2.11. The van der Waals surface area contributed by atoms with E-state index in [1.807, 2.05) is 12.3 Å². The summed E-state index contributed by atoms with van der Waals surface area (Å²) in [6.07, 6.45) is 7.92. The van der Waals surface area contributed by atoms with E-state index in [0.717, 1.165) is 21.9 Å². The van der Waals surface area contributed by atoms with Crippen molar-refractivity contribution in [2.45, 2.75) is 27.7 Å². The lowest BCUT2D eigenvalue weighted by Crippen LogP contribution is -1.94. The van der Waals surface area contributed by atoms with Gasteiger partial charge in [0, 0.05) is 35.8 Å². The molecular formula is C22H24N2O. The van der Waals surface area contributed by atoms with Crippen LogP contribution in [0.5, 0.6) is 0 Å². The van der Waals surface area contributed by atoms with Gasteiger partial charge in [0.1, 0.15) is 5.58 Å². The molecule has 0 N–H and O–H groups in total. The summed E-state index contributed by atoms with van der Waals surface area (Å²) in [6.45, 7) is 8.65. The molecule has 3 nitrogen and oxygen atoms in total. The number of benzene rings is 1. The van der Waals surface area contributed by atoms with E-state index in [0.29, 0.717) is 11.6 Å². The molecule has 3 aromatic rings. The zero-order chi connectivity index (χ0) is 18.0. The van der Waals surface area contributed by atoms with Crippen molar-refractivity contribution in [3.8, 4) is 0 Å². The number of aromatic nitrogens is 1. The van der Waals surface area contributed by atoms with E-state index >= 15 is 0 Å². The summed E-state index contributed by atoms with van der Waals surface area (Å²) in [5, 5.41) is 2.17. The van der Waals surface area contributed by atoms with E-state index in [1.165, 1.54) is 16.7 Å². The maximum Gasteiger partial charge on any atom is 0.227 e. The molecule has 128 valence electrons. The highest BCUT2D eigenvalue weighted by molar-refractivity contribution is 6.07. The van der Waals surface area contributed by atoms with E-state index in [4.69, 9.17) is 4.42 Å². The highest BCUT2D eigenvalue weighted by atomic mass is 16.3. The van der Waals surface area contributed by atoms with Gasteiger partial charge in [-0.25, -0.2) is 4.98 Å². The van der Waals surface area contributed by atoms with Gasteiger partial charge in [0.15, 0.2) is 0 Å². The Morgan fingerprint density at radius 1 is 1.20 bits per heavy atom. The Hall–Kier alpha value is -2.68. The largest absolute Gasteiger partial charge is 0.437 e. The van der Waals surface area contributed by atoms with E-state index in [9.17, 15) is 0 Å². The van der Waals surface area contributed by atoms with Crippen LogP contribution in [0.15, 0.2) is 57.6 Å². The van der Waals surface area contributed by atoms with Crippen molar-refractivity contribution in [1.29, 1.82) is 0 Å². The highest BCUT2D eigenvalue weighted by Crippen LogP contribution is 2.35. The van der Waals surface area contributed by atoms with Gasteiger partial charge < -0.3 is 4.42 Å². The zero-order valence-electron chi connectivity index (χ0n) is 15.5. The van der Waals surface area contributed by atoms with Crippen LogP contribution in [-0.2, 0) is 0 Å². The first-order valence-electron chi connectivity index (χ1n) is 8.60. The molecule has 0 unspecified atom stereocenters. The fourth-order valence-electron chi connectivity index (χ4n) is 3.15. The second kappa shape index (κ2) is 7.06. The van der Waals surface area contributed by atoms with Crippen LogP contribution >= 0.6 is 0 Å². The Morgan fingerprint density at radius 2 is 2.00 bits per heavy atom. The number of nitrogens with zero attached hydrogens (tertiary/aromatic N) is 2. The maximum atomic E-state index is 6.11. The molecule has 0 fully saturated rings. The zero-order valence-corrected chi connectivity index (χ0v) is 15.5. The Morgan fingerprint density at radius 3 is 2.72 bits per heavy atom. The van der Waals surface area contributed by atoms with Crippen molar-refractivity contribution in [2.24, 2.45) is 10.9 Å². The van der Waals surface area contributed by atoms with Gasteiger partial charge in [0.2, 0.25) is 5.71 Å². The number of hydrogen-bond acceptors (Lipinski definition) is 3. The predicted molar refractivity (Wildman–Crippen MR) is 107 cm³/mol. The van der Waals surface area contributed by atoms with Crippen molar-refractivity contribution >= 4 is 33.9 Å². The molecule has 2 aromatic heterocycles. The van der Waals surface area contributed by atoms with Crippen LogP contribution in [0.4, 0.5) is 0 Å². The van der Waals surface area contributed by atoms with Gasteiger partial charge in [-0.3, -0.25) is 4.99 Å². The summed E-state index contributed by atoms with van der Waals surface area (Å²) < 4.78 is 6.11. The van der Waals surface area contributed by atoms with Crippen LogP contribution < -0.4 is 0 Å². The second-order valence-corrected chi connectivity index (χ2v) is 6.65. The van der Waals surface area contributed by atoms with Crippen molar-refractivity contribution in [3.63, 3.8) is 0 Å². The molecular weight excluding hydrogens is 308 g/mol. The molecule has 0 aliphatic carbocycles. The van der Waals surface area contributed by atoms with Gasteiger partial charge in [0.05, 0.1) is 0 Å². The molecule has 0 saturated carbocycles. The van der Waals surface area contributed by atoms with Gasteiger partial charge in [-0.2, -0.15) is 0 Å². The Balaban J connectivity index is 2.23. The van der Waals surface area contributed by atoms with E-state index in [-0.39, 0.29) is 0 Å². The van der Waals surface area contributed by atoms with E-state index in [1.54, 1.807) is 13.2 Å². The molecule has 0 saturated heterocycles. The average Bonchev–Trinajstić information content (AvgIpc) is 2.96. The van der Waals surface area contributed by atoms with Gasteiger partial charge in [-0.15, -0.1) is 0 Å². The summed E-state index contributed by atoms with van der Waals surface area (Å²) >= 11 is 0. The molecule has 25 heavy (non-hydrogen) atoms. The standard InChI is InChI=1S/C22H24N2O/c1-14(2)17(10-12-23-5)13-16(4)20-15(3)8-9-18-19-7-6-11-24-22(19)25-21(18)20/h6-14H,1-5H3/b16-13+,17-10+,23-12+. The van der Waals surface area contributed by atoms with Gasteiger partial charge in [-0.1, -0.05) is 32.1 Å². The summed E-state index contributed by atoms with van der Waals surface area (Å²) in [5.41, 5.74) is 6.38. The van der Waals surface area contributed by atoms with Crippen molar-refractivity contribution < 1.29 is 4.42 Å². The first-order valence-corrected chi connectivity index (χ1v) is 8.60. The van der Waals surface area contributed by atoms with Crippen molar-refractivity contribution in [2.75, 3.05) is 7.05 Å². The van der Waals surface area contributed by atoms with Crippen LogP contribution in [0.25, 0.3) is 27.6 Å². The summed E-state index contributed by atoms with van der Waals surface area (Å²) in [7, 11) is 1.79. The number of aryl methyl sites for hydroxylation is 1. The smallest absolute Gasteiger partial charge is 0.227 e. The summed E-state index contributed by atoms with van der Waals surface area (Å²) in [5.74, 6) is 0.421. The van der Waals surface area contributed by atoms with Crippen molar-refractivity contribution in [3.05, 3.63) is 59.3 Å². The molecule has 0 amide bonds. The average molecular weight is 332 g/mol. The van der Waals surface area contributed by atoms with Gasteiger partial charge in [0.25, 0.3) is 0 Å². The third-order valence-corrected chi connectivity index (χ3v) is 4.49. The highest BCUT2D eigenvalue weighted by Gasteiger charge is 2.15. The number of allylic oxidation sites excluding steroid dienone is 4. The topological polar surface area (TPSA) is 38.4 Å². The summed E-state index contributed by atoms with van der Waals surface area (Å²) in [4.78, 5) is 8.44. The third kappa shape index (κ3) is 3.27. The normalized spacial score (nSPS) is 13.7. The second-order valence-electron chi connectivity index (χ2n) is 6.65. The Bertz CT molecular complexity index is 1000. The number of pyridine rings is 1. The number of rotatable bonds is 4. The van der Waals surface area contributed by atoms with Gasteiger partial charge in [-0.05, 0) is 54.7 Å². The van der Waals surface area contributed by atoms with E-state index in [2.05, 4.69) is 68.0 Å². The predicted octanol–water partition coefficient (Wildman–Crippen LogP) is 5.98. The van der Waals surface area contributed by atoms with Crippen molar-refractivity contribution in [1.82, 2.24) is 4.98 Å². The minimum atomic E-state index is 0.421. The number of furan rings is 1. The first kappa shape index (κ1) is 17.2. The van der Waals surface area contributed by atoms with E-state index < -0.39 is 0 Å². The molecule has 0 spiro atoms. The number of hydrogen-bond donors (Lipinski definition) is 0. The monoisotopic (exact) mass is 332 g/mol.